The van der Waals surface area contributed by atoms with Gasteiger partial charge in [-0.3, -0.25) is 4.79 Å². The van der Waals surface area contributed by atoms with Gasteiger partial charge in [-0.1, -0.05) is 35.5 Å². The number of likely N-dealkylation sites (tertiary alicyclic amines) is 1. The molecule has 158 valence electrons. The first kappa shape index (κ1) is 21.2. The third-order valence-corrected chi connectivity index (χ3v) is 6.12. The van der Waals surface area contributed by atoms with E-state index in [1.165, 1.54) is 11.8 Å². The Labute approximate surface area is 190 Å². The van der Waals surface area contributed by atoms with Crippen molar-refractivity contribution in [2.45, 2.75) is 19.3 Å². The second-order valence-corrected chi connectivity index (χ2v) is 8.45. The van der Waals surface area contributed by atoms with Crippen LogP contribution in [0.15, 0.2) is 47.0 Å². The molecule has 9 heteroatoms. The van der Waals surface area contributed by atoms with E-state index in [2.05, 4.69) is 26.7 Å². The van der Waals surface area contributed by atoms with Crippen molar-refractivity contribution in [3.05, 3.63) is 63.2 Å². The minimum atomic E-state index is 0.232. The number of halogens is 1. The molecule has 2 aliphatic rings. The van der Waals surface area contributed by atoms with Crippen LogP contribution >= 0.6 is 23.4 Å². The molecule has 3 heterocycles. The summed E-state index contributed by atoms with van der Waals surface area (Å²) in [5, 5.41) is 19.6. The molecule has 1 aromatic carbocycles. The molecule has 0 bridgehead atoms. The van der Waals surface area contributed by atoms with Gasteiger partial charge in [-0.2, -0.15) is 5.26 Å². The average Bonchev–Trinajstić information content (AvgIpc) is 3.42. The summed E-state index contributed by atoms with van der Waals surface area (Å²) in [6, 6.07) is 11.5. The fourth-order valence-electron chi connectivity index (χ4n) is 3.43. The molecule has 0 atom stereocenters. The number of hydrogen-bond acceptors (Lipinski definition) is 7. The summed E-state index contributed by atoms with van der Waals surface area (Å²) in [4.78, 5) is 22.3. The van der Waals surface area contributed by atoms with Crippen molar-refractivity contribution in [3.63, 3.8) is 0 Å². The van der Waals surface area contributed by atoms with Gasteiger partial charge >= 0.3 is 0 Å². The van der Waals surface area contributed by atoms with Crippen LogP contribution in [0.1, 0.15) is 30.5 Å². The van der Waals surface area contributed by atoms with Gasteiger partial charge in [0, 0.05) is 42.7 Å². The molecule has 0 unspecified atom stereocenters. The first-order chi connectivity index (χ1) is 15.1. The van der Waals surface area contributed by atoms with E-state index in [9.17, 15) is 10.1 Å². The Bertz CT molecular complexity index is 1090. The van der Waals surface area contributed by atoms with Crippen molar-refractivity contribution in [2.75, 3.05) is 25.0 Å². The molecule has 0 radical (unpaired) electrons. The Hall–Kier alpha value is -3.02. The number of allylic oxidation sites excluding steroid dienone is 1. The lowest BCUT2D eigenvalue weighted by Gasteiger charge is -2.15. The number of anilines is 1. The molecular weight excluding hydrogens is 432 g/mol. The quantitative estimate of drug-likeness (QED) is 0.482. The SMILES string of the molecule is N#C/C(=C1\NC(c2cccc(Cl)c2)=CS1)c1ccnc(NCCCN2CCCC2=O)n1. The van der Waals surface area contributed by atoms with E-state index in [4.69, 9.17) is 11.6 Å². The van der Waals surface area contributed by atoms with E-state index in [1.54, 1.807) is 12.3 Å². The second-order valence-electron chi connectivity index (χ2n) is 7.13. The van der Waals surface area contributed by atoms with Gasteiger partial charge in [0.15, 0.2) is 0 Å². The molecule has 7 nitrogen and oxygen atoms in total. The lowest BCUT2D eigenvalue weighted by Crippen LogP contribution is -2.27. The van der Waals surface area contributed by atoms with Crippen LogP contribution in [0.2, 0.25) is 5.02 Å². The minimum Gasteiger partial charge on any atom is -0.354 e. The summed E-state index contributed by atoms with van der Waals surface area (Å²) >= 11 is 7.53. The van der Waals surface area contributed by atoms with Gasteiger partial charge in [-0.05, 0) is 36.6 Å². The van der Waals surface area contributed by atoms with Gasteiger partial charge in [-0.25, -0.2) is 9.97 Å². The number of thioether (sulfide) groups is 1. The van der Waals surface area contributed by atoms with Crippen LogP contribution in [0.25, 0.3) is 11.3 Å². The van der Waals surface area contributed by atoms with E-state index < -0.39 is 0 Å². The minimum absolute atomic E-state index is 0.232. The summed E-state index contributed by atoms with van der Waals surface area (Å²) in [6.07, 6.45) is 4.06. The number of amides is 1. The predicted octanol–water partition coefficient (Wildman–Crippen LogP) is 4.08. The largest absolute Gasteiger partial charge is 0.354 e. The van der Waals surface area contributed by atoms with Crippen LogP contribution in [0, 0.1) is 11.3 Å². The number of carbonyl (C=O) groups excluding carboxylic acids is 1. The maximum Gasteiger partial charge on any atom is 0.223 e. The van der Waals surface area contributed by atoms with Crippen molar-refractivity contribution in [1.82, 2.24) is 20.2 Å². The monoisotopic (exact) mass is 452 g/mol. The Kier molecular flexibility index (Phi) is 6.75. The number of rotatable bonds is 7. The smallest absolute Gasteiger partial charge is 0.223 e. The van der Waals surface area contributed by atoms with E-state index in [0.29, 0.717) is 35.2 Å². The van der Waals surface area contributed by atoms with Gasteiger partial charge in [0.1, 0.15) is 11.6 Å². The summed E-state index contributed by atoms with van der Waals surface area (Å²) in [5.74, 6) is 0.695. The zero-order chi connectivity index (χ0) is 21.6. The molecule has 1 fully saturated rings. The zero-order valence-electron chi connectivity index (χ0n) is 16.8. The van der Waals surface area contributed by atoms with E-state index >= 15 is 0 Å². The van der Waals surface area contributed by atoms with Gasteiger partial charge < -0.3 is 15.5 Å². The highest BCUT2D eigenvalue weighted by Gasteiger charge is 2.20. The Balaban J connectivity index is 1.40. The molecule has 31 heavy (non-hydrogen) atoms. The normalized spacial score (nSPS) is 17.2. The van der Waals surface area contributed by atoms with Crippen LogP contribution in [0.3, 0.4) is 0 Å². The predicted molar refractivity (Wildman–Crippen MR) is 124 cm³/mol. The van der Waals surface area contributed by atoms with E-state index in [1.807, 2.05) is 34.6 Å². The fourth-order valence-corrected chi connectivity index (χ4v) is 4.49. The first-order valence-corrected chi connectivity index (χ1v) is 11.3. The highest BCUT2D eigenvalue weighted by molar-refractivity contribution is 8.06. The second kappa shape index (κ2) is 9.86. The maximum absolute atomic E-state index is 11.7. The molecule has 0 spiro atoms. The van der Waals surface area contributed by atoms with Crippen LogP contribution in [-0.4, -0.2) is 40.4 Å². The molecule has 2 aromatic rings. The molecule has 1 saturated heterocycles. The molecule has 0 saturated carbocycles. The van der Waals surface area contributed by atoms with Crippen molar-refractivity contribution in [1.29, 1.82) is 5.26 Å². The Morgan fingerprint density at radius 1 is 1.39 bits per heavy atom. The molecule has 1 aromatic heterocycles. The Morgan fingerprint density at radius 2 is 2.29 bits per heavy atom. The number of nitrogens with one attached hydrogen (secondary N) is 2. The number of nitriles is 1. The van der Waals surface area contributed by atoms with Crippen molar-refractivity contribution in [3.8, 4) is 6.07 Å². The lowest BCUT2D eigenvalue weighted by atomic mass is 10.1. The summed E-state index contributed by atoms with van der Waals surface area (Å²) in [7, 11) is 0. The van der Waals surface area contributed by atoms with Crippen molar-refractivity contribution < 1.29 is 4.79 Å². The van der Waals surface area contributed by atoms with E-state index in [-0.39, 0.29) is 5.91 Å². The summed E-state index contributed by atoms with van der Waals surface area (Å²) in [5.41, 5.74) is 2.84. The third-order valence-electron chi connectivity index (χ3n) is 4.99. The Morgan fingerprint density at radius 3 is 3.06 bits per heavy atom. The van der Waals surface area contributed by atoms with Gasteiger partial charge in [0.2, 0.25) is 11.9 Å². The standard InChI is InChI=1S/C22H21ClN6OS/c23-16-5-1-4-15(12-16)19-14-31-21(27-19)17(13-24)18-7-9-26-22(28-18)25-8-3-11-29-10-2-6-20(29)30/h1,4-5,7,9,12,14,27H,2-3,6,8,10-11H2,(H,25,26,28)/b21-17-. The highest BCUT2D eigenvalue weighted by atomic mass is 35.5. The van der Waals surface area contributed by atoms with Crippen LogP contribution < -0.4 is 10.6 Å². The number of nitrogens with zero attached hydrogens (tertiary/aromatic N) is 4. The highest BCUT2D eigenvalue weighted by Crippen LogP contribution is 2.35. The third kappa shape index (κ3) is 5.19. The van der Waals surface area contributed by atoms with Gasteiger partial charge in [0.25, 0.3) is 0 Å². The average molecular weight is 453 g/mol. The number of benzene rings is 1. The maximum atomic E-state index is 11.7. The summed E-state index contributed by atoms with van der Waals surface area (Å²) < 4.78 is 0. The number of carbonyl (C=O) groups is 1. The van der Waals surface area contributed by atoms with Crippen molar-refractivity contribution >= 4 is 46.5 Å². The number of aromatic nitrogens is 2. The first-order valence-electron chi connectivity index (χ1n) is 10.0. The molecule has 4 rings (SSSR count). The van der Waals surface area contributed by atoms with Gasteiger partial charge in [-0.15, -0.1) is 0 Å². The summed E-state index contributed by atoms with van der Waals surface area (Å²) in [6.45, 7) is 2.23. The molecule has 1 amide bonds. The van der Waals surface area contributed by atoms with Crippen molar-refractivity contribution in [2.24, 2.45) is 0 Å². The molecule has 2 aliphatic heterocycles. The van der Waals surface area contributed by atoms with Crippen LogP contribution in [0.4, 0.5) is 5.95 Å². The molecular formula is C22H21ClN6OS. The lowest BCUT2D eigenvalue weighted by molar-refractivity contribution is -0.127. The molecule has 2 N–H and O–H groups in total. The van der Waals surface area contributed by atoms with Crippen LogP contribution in [-0.2, 0) is 4.79 Å². The van der Waals surface area contributed by atoms with Gasteiger partial charge in [0.05, 0.1) is 16.4 Å². The van der Waals surface area contributed by atoms with E-state index in [0.717, 1.165) is 42.2 Å². The zero-order valence-corrected chi connectivity index (χ0v) is 18.3. The molecule has 0 aliphatic carbocycles. The van der Waals surface area contributed by atoms with Crippen LogP contribution in [0.5, 0.6) is 0 Å². The topological polar surface area (TPSA) is 93.9 Å². The fraction of sp³-hybridized carbons (Fsp3) is 0.273. The number of hydrogen-bond donors (Lipinski definition) is 2.